The SMILES string of the molecule is NC(=O)c1cccc2c(-c3nc4c(c(NCc5ccccc5)n3)CNC4)n[nH]c12. The van der Waals surface area contributed by atoms with Gasteiger partial charge in [-0.3, -0.25) is 9.89 Å². The van der Waals surface area contributed by atoms with Crippen LogP contribution in [0.25, 0.3) is 22.4 Å². The summed E-state index contributed by atoms with van der Waals surface area (Å²) in [6.07, 6.45) is 0. The number of aromatic nitrogens is 4. The lowest BCUT2D eigenvalue weighted by molar-refractivity contribution is 0.100. The predicted octanol–water partition coefficient (Wildman–Crippen LogP) is 2.33. The van der Waals surface area contributed by atoms with Crippen LogP contribution in [0, 0.1) is 0 Å². The Morgan fingerprint density at radius 1 is 1.07 bits per heavy atom. The van der Waals surface area contributed by atoms with E-state index in [9.17, 15) is 4.79 Å². The second-order valence-electron chi connectivity index (χ2n) is 6.93. The molecule has 29 heavy (non-hydrogen) atoms. The summed E-state index contributed by atoms with van der Waals surface area (Å²) in [6, 6.07) is 15.5. The van der Waals surface area contributed by atoms with Gasteiger partial charge in [0.2, 0.25) is 0 Å². The molecule has 5 rings (SSSR count). The molecule has 0 atom stereocenters. The van der Waals surface area contributed by atoms with Crippen molar-refractivity contribution in [1.29, 1.82) is 0 Å². The monoisotopic (exact) mass is 385 g/mol. The molecule has 1 amide bonds. The summed E-state index contributed by atoms with van der Waals surface area (Å²) in [4.78, 5) is 21.2. The first-order chi connectivity index (χ1) is 14.2. The Hall–Kier alpha value is -3.78. The molecule has 0 bridgehead atoms. The van der Waals surface area contributed by atoms with Crippen molar-refractivity contribution in [1.82, 2.24) is 25.5 Å². The largest absolute Gasteiger partial charge is 0.366 e. The van der Waals surface area contributed by atoms with Crippen LogP contribution >= 0.6 is 0 Å². The zero-order valence-corrected chi connectivity index (χ0v) is 15.6. The Morgan fingerprint density at radius 2 is 1.93 bits per heavy atom. The Balaban J connectivity index is 1.57. The fraction of sp³-hybridized carbons (Fsp3) is 0.143. The van der Waals surface area contributed by atoms with Crippen molar-refractivity contribution >= 4 is 22.6 Å². The van der Waals surface area contributed by atoms with Gasteiger partial charge in [0.1, 0.15) is 11.5 Å². The molecule has 144 valence electrons. The number of anilines is 1. The van der Waals surface area contributed by atoms with Crippen LogP contribution in [0.4, 0.5) is 5.82 Å². The lowest BCUT2D eigenvalue weighted by atomic mass is 10.1. The molecule has 4 aromatic rings. The van der Waals surface area contributed by atoms with Crippen molar-refractivity contribution < 1.29 is 4.79 Å². The van der Waals surface area contributed by atoms with Crippen LogP contribution in [0.15, 0.2) is 48.5 Å². The maximum atomic E-state index is 11.7. The van der Waals surface area contributed by atoms with Gasteiger partial charge < -0.3 is 16.4 Å². The summed E-state index contributed by atoms with van der Waals surface area (Å²) < 4.78 is 0. The Kier molecular flexibility index (Phi) is 4.18. The van der Waals surface area contributed by atoms with Crippen molar-refractivity contribution in [3.8, 4) is 11.5 Å². The number of nitrogens with zero attached hydrogens (tertiary/aromatic N) is 3. The molecule has 5 N–H and O–H groups in total. The van der Waals surface area contributed by atoms with Gasteiger partial charge in [-0.2, -0.15) is 5.10 Å². The Morgan fingerprint density at radius 3 is 2.76 bits per heavy atom. The highest BCUT2D eigenvalue weighted by molar-refractivity contribution is 6.07. The highest BCUT2D eigenvalue weighted by Crippen LogP contribution is 2.30. The van der Waals surface area contributed by atoms with E-state index in [2.05, 4.69) is 33.0 Å². The fourth-order valence-electron chi connectivity index (χ4n) is 3.62. The highest BCUT2D eigenvalue weighted by atomic mass is 16.1. The number of primary amides is 1. The fourth-order valence-corrected chi connectivity index (χ4v) is 3.62. The third-order valence-corrected chi connectivity index (χ3v) is 5.07. The maximum Gasteiger partial charge on any atom is 0.250 e. The van der Waals surface area contributed by atoms with Crippen LogP contribution in [0.1, 0.15) is 27.2 Å². The van der Waals surface area contributed by atoms with E-state index in [-0.39, 0.29) is 0 Å². The van der Waals surface area contributed by atoms with Gasteiger partial charge in [0, 0.05) is 30.6 Å². The van der Waals surface area contributed by atoms with Crippen LogP contribution in [0.3, 0.4) is 0 Å². The molecule has 0 aliphatic carbocycles. The molecule has 1 aliphatic heterocycles. The molecule has 8 heteroatoms. The average Bonchev–Trinajstić information content (AvgIpc) is 3.39. The Bertz CT molecular complexity index is 1220. The van der Waals surface area contributed by atoms with Crippen molar-refractivity contribution in [3.05, 3.63) is 70.9 Å². The normalized spacial score (nSPS) is 12.8. The van der Waals surface area contributed by atoms with E-state index in [0.29, 0.717) is 35.7 Å². The lowest BCUT2D eigenvalue weighted by Gasteiger charge is -2.11. The standard InChI is InChI=1S/C21H19N7O/c22-19(29)14-8-4-7-13-17(14)27-28-18(13)21-25-16-11-23-10-15(16)20(26-21)24-9-12-5-2-1-3-6-12/h1-8,23H,9-11H2,(H2,22,29)(H,27,28)(H,24,25,26). The first-order valence-electron chi connectivity index (χ1n) is 9.36. The molecule has 0 saturated carbocycles. The van der Waals surface area contributed by atoms with Crippen molar-refractivity contribution in [2.24, 2.45) is 5.73 Å². The van der Waals surface area contributed by atoms with Gasteiger partial charge in [0.05, 0.1) is 16.8 Å². The Labute approximate surface area is 166 Å². The van der Waals surface area contributed by atoms with Gasteiger partial charge >= 0.3 is 0 Å². The van der Waals surface area contributed by atoms with E-state index in [1.54, 1.807) is 12.1 Å². The number of H-pyrrole nitrogens is 1. The number of hydrogen-bond acceptors (Lipinski definition) is 6. The van der Waals surface area contributed by atoms with Gasteiger partial charge in [-0.1, -0.05) is 42.5 Å². The smallest absolute Gasteiger partial charge is 0.250 e. The van der Waals surface area contributed by atoms with Crippen LogP contribution in [-0.4, -0.2) is 26.1 Å². The van der Waals surface area contributed by atoms with E-state index in [4.69, 9.17) is 15.7 Å². The molecule has 0 fully saturated rings. The minimum Gasteiger partial charge on any atom is -0.366 e. The third kappa shape index (κ3) is 3.09. The number of amides is 1. The van der Waals surface area contributed by atoms with Crippen LogP contribution in [-0.2, 0) is 19.6 Å². The number of nitrogens with one attached hydrogen (secondary N) is 3. The zero-order valence-electron chi connectivity index (χ0n) is 15.6. The predicted molar refractivity (Wildman–Crippen MR) is 110 cm³/mol. The molecule has 2 aromatic carbocycles. The number of fused-ring (bicyclic) bond motifs is 2. The number of carbonyl (C=O) groups excluding carboxylic acids is 1. The molecule has 8 nitrogen and oxygen atoms in total. The van der Waals surface area contributed by atoms with Crippen molar-refractivity contribution in [2.45, 2.75) is 19.6 Å². The number of nitrogens with two attached hydrogens (primary N) is 1. The molecule has 3 heterocycles. The summed E-state index contributed by atoms with van der Waals surface area (Å²) in [5.41, 5.74) is 10.3. The van der Waals surface area contributed by atoms with E-state index >= 15 is 0 Å². The quantitative estimate of drug-likeness (QED) is 0.418. The van der Waals surface area contributed by atoms with E-state index in [0.717, 1.165) is 29.0 Å². The number of para-hydroxylation sites is 1. The second kappa shape index (κ2) is 6.99. The van der Waals surface area contributed by atoms with Crippen LogP contribution < -0.4 is 16.4 Å². The van der Waals surface area contributed by atoms with Crippen LogP contribution in [0.5, 0.6) is 0 Å². The highest BCUT2D eigenvalue weighted by Gasteiger charge is 2.22. The first kappa shape index (κ1) is 17.3. The summed E-state index contributed by atoms with van der Waals surface area (Å²) in [6.45, 7) is 2.07. The van der Waals surface area contributed by atoms with Gasteiger partial charge in [-0.25, -0.2) is 9.97 Å². The number of carbonyl (C=O) groups is 1. The molecule has 0 radical (unpaired) electrons. The average molecular weight is 385 g/mol. The molecule has 0 unspecified atom stereocenters. The minimum absolute atomic E-state index is 0.395. The van der Waals surface area contributed by atoms with E-state index in [1.165, 1.54) is 5.56 Å². The van der Waals surface area contributed by atoms with E-state index < -0.39 is 5.91 Å². The van der Waals surface area contributed by atoms with Gasteiger partial charge in [-0.05, 0) is 11.6 Å². The van der Waals surface area contributed by atoms with Crippen molar-refractivity contribution in [2.75, 3.05) is 5.32 Å². The summed E-state index contributed by atoms with van der Waals surface area (Å²) >= 11 is 0. The number of benzene rings is 2. The summed E-state index contributed by atoms with van der Waals surface area (Å²) in [5, 5.41) is 14.8. The second-order valence-corrected chi connectivity index (χ2v) is 6.93. The molecule has 0 spiro atoms. The van der Waals surface area contributed by atoms with Gasteiger partial charge in [0.25, 0.3) is 5.91 Å². The van der Waals surface area contributed by atoms with Crippen LogP contribution in [0.2, 0.25) is 0 Å². The van der Waals surface area contributed by atoms with Gasteiger partial charge in [-0.15, -0.1) is 0 Å². The topological polar surface area (TPSA) is 122 Å². The molecule has 0 saturated heterocycles. The minimum atomic E-state index is -0.505. The lowest BCUT2D eigenvalue weighted by Crippen LogP contribution is -2.11. The number of rotatable bonds is 5. The molecular formula is C21H19N7O. The zero-order chi connectivity index (χ0) is 19.8. The third-order valence-electron chi connectivity index (χ3n) is 5.07. The molecule has 1 aliphatic rings. The number of aromatic amines is 1. The van der Waals surface area contributed by atoms with Gasteiger partial charge in [0.15, 0.2) is 5.82 Å². The summed E-state index contributed by atoms with van der Waals surface area (Å²) in [7, 11) is 0. The maximum absolute atomic E-state index is 11.7. The number of hydrogen-bond donors (Lipinski definition) is 4. The molecular weight excluding hydrogens is 366 g/mol. The first-order valence-corrected chi connectivity index (χ1v) is 9.36. The van der Waals surface area contributed by atoms with Crippen molar-refractivity contribution in [3.63, 3.8) is 0 Å². The van der Waals surface area contributed by atoms with E-state index in [1.807, 2.05) is 24.3 Å². The molecule has 2 aromatic heterocycles. The summed E-state index contributed by atoms with van der Waals surface area (Å²) in [5.74, 6) is 0.798.